The van der Waals surface area contributed by atoms with Crippen LogP contribution in [0.2, 0.25) is 0 Å². The van der Waals surface area contributed by atoms with E-state index in [-0.39, 0.29) is 5.91 Å². The summed E-state index contributed by atoms with van der Waals surface area (Å²) in [5.74, 6) is 1.48. The molecule has 3 aromatic rings. The first-order valence-corrected chi connectivity index (χ1v) is 10.8. The van der Waals surface area contributed by atoms with Crippen LogP contribution in [0.4, 0.5) is 5.13 Å². The molecule has 0 aliphatic carbocycles. The summed E-state index contributed by atoms with van der Waals surface area (Å²) in [4.78, 5) is 21.8. The highest BCUT2D eigenvalue weighted by molar-refractivity contribution is 7.22. The lowest BCUT2D eigenvalue weighted by Gasteiger charge is -2.34. The van der Waals surface area contributed by atoms with Crippen LogP contribution in [-0.4, -0.2) is 69.3 Å². The molecule has 8 heteroatoms. The zero-order valence-corrected chi connectivity index (χ0v) is 18.1. The molecule has 158 valence electrons. The number of nitrogens with one attached hydrogen (secondary N) is 1. The van der Waals surface area contributed by atoms with Gasteiger partial charge in [0, 0.05) is 44.8 Å². The second-order valence-electron chi connectivity index (χ2n) is 7.15. The van der Waals surface area contributed by atoms with Crippen LogP contribution in [0.15, 0.2) is 42.5 Å². The molecule has 2 heterocycles. The van der Waals surface area contributed by atoms with E-state index in [4.69, 9.17) is 14.5 Å². The minimum Gasteiger partial charge on any atom is -0.497 e. The molecule has 1 N–H and O–H groups in total. The van der Waals surface area contributed by atoms with Crippen LogP contribution in [0.25, 0.3) is 10.2 Å². The van der Waals surface area contributed by atoms with Crippen molar-refractivity contribution in [3.05, 3.63) is 48.0 Å². The zero-order chi connectivity index (χ0) is 20.9. The van der Waals surface area contributed by atoms with Gasteiger partial charge in [-0.05, 0) is 36.4 Å². The van der Waals surface area contributed by atoms with Crippen molar-refractivity contribution in [2.24, 2.45) is 0 Å². The second kappa shape index (κ2) is 9.32. The number of carbonyl (C=O) groups is 1. The number of hydrogen-bond donors (Lipinski definition) is 1. The van der Waals surface area contributed by atoms with Gasteiger partial charge in [0.25, 0.3) is 5.91 Å². The van der Waals surface area contributed by atoms with E-state index in [0.29, 0.717) is 17.9 Å². The highest BCUT2D eigenvalue weighted by Crippen LogP contribution is 2.31. The second-order valence-corrected chi connectivity index (χ2v) is 8.16. The van der Waals surface area contributed by atoms with Crippen molar-refractivity contribution in [1.29, 1.82) is 0 Å². The van der Waals surface area contributed by atoms with Crippen molar-refractivity contribution in [2.75, 3.05) is 58.4 Å². The van der Waals surface area contributed by atoms with Gasteiger partial charge in [0.15, 0.2) is 5.13 Å². The number of ether oxygens (including phenoxy) is 2. The van der Waals surface area contributed by atoms with E-state index < -0.39 is 0 Å². The van der Waals surface area contributed by atoms with Gasteiger partial charge in [0.2, 0.25) is 0 Å². The largest absolute Gasteiger partial charge is 0.497 e. The molecular formula is C22H26N4O3S. The van der Waals surface area contributed by atoms with Crippen molar-refractivity contribution < 1.29 is 14.3 Å². The lowest BCUT2D eigenvalue weighted by atomic mass is 10.2. The highest BCUT2D eigenvalue weighted by Gasteiger charge is 2.20. The van der Waals surface area contributed by atoms with Gasteiger partial charge >= 0.3 is 0 Å². The van der Waals surface area contributed by atoms with Crippen molar-refractivity contribution >= 4 is 32.6 Å². The molecule has 0 atom stereocenters. The number of fused-ring (bicyclic) bond motifs is 1. The predicted octanol–water partition coefficient (Wildman–Crippen LogP) is 2.87. The maximum absolute atomic E-state index is 12.3. The highest BCUT2D eigenvalue weighted by atomic mass is 32.1. The summed E-state index contributed by atoms with van der Waals surface area (Å²) in [6.07, 6.45) is 0. The number of methoxy groups -OCH3 is 2. The van der Waals surface area contributed by atoms with Gasteiger partial charge in [-0.25, -0.2) is 4.98 Å². The number of thiazole rings is 1. The van der Waals surface area contributed by atoms with Crippen LogP contribution in [0.3, 0.4) is 0 Å². The van der Waals surface area contributed by atoms with Gasteiger partial charge in [-0.15, -0.1) is 0 Å². The Morgan fingerprint density at radius 3 is 2.60 bits per heavy atom. The molecule has 7 nitrogen and oxygen atoms in total. The summed E-state index contributed by atoms with van der Waals surface area (Å²) in [5, 5.41) is 4.06. The van der Waals surface area contributed by atoms with Crippen molar-refractivity contribution in [3.8, 4) is 11.5 Å². The number of aromatic nitrogens is 1. The Kier molecular flexibility index (Phi) is 6.35. The van der Waals surface area contributed by atoms with Gasteiger partial charge in [0.1, 0.15) is 11.5 Å². The summed E-state index contributed by atoms with van der Waals surface area (Å²) < 4.78 is 11.6. The SMILES string of the molecule is COc1cccc(C(=O)NCCN2CCN(c3nc4ccc(OC)cc4s3)CC2)c1. The van der Waals surface area contributed by atoms with Crippen LogP contribution in [-0.2, 0) is 0 Å². The Balaban J connectivity index is 1.25. The molecule has 0 spiro atoms. The summed E-state index contributed by atoms with van der Waals surface area (Å²) in [7, 11) is 3.28. The number of amides is 1. The smallest absolute Gasteiger partial charge is 0.251 e. The first-order valence-electron chi connectivity index (χ1n) is 10.0. The van der Waals surface area contributed by atoms with Crippen molar-refractivity contribution in [1.82, 2.24) is 15.2 Å². The fraction of sp³-hybridized carbons (Fsp3) is 0.364. The van der Waals surface area contributed by atoms with Crippen LogP contribution >= 0.6 is 11.3 Å². The molecule has 1 aromatic heterocycles. The van der Waals surface area contributed by atoms with Gasteiger partial charge in [0.05, 0.1) is 24.4 Å². The van der Waals surface area contributed by atoms with Gasteiger partial charge < -0.3 is 19.7 Å². The lowest BCUT2D eigenvalue weighted by molar-refractivity contribution is 0.0947. The van der Waals surface area contributed by atoms with E-state index in [0.717, 1.165) is 53.8 Å². The van der Waals surface area contributed by atoms with E-state index in [1.807, 2.05) is 30.3 Å². The van der Waals surface area contributed by atoms with Crippen molar-refractivity contribution in [3.63, 3.8) is 0 Å². The Bertz CT molecular complexity index is 1010. The Labute approximate surface area is 180 Å². The van der Waals surface area contributed by atoms with Crippen molar-refractivity contribution in [2.45, 2.75) is 0 Å². The normalized spacial score (nSPS) is 14.7. The topological polar surface area (TPSA) is 66.9 Å². The molecule has 0 radical (unpaired) electrons. The van der Waals surface area contributed by atoms with Crippen LogP contribution < -0.4 is 19.7 Å². The Hall–Kier alpha value is -2.84. The van der Waals surface area contributed by atoms with Gasteiger partial charge in [-0.1, -0.05) is 17.4 Å². The van der Waals surface area contributed by atoms with Crippen LogP contribution in [0, 0.1) is 0 Å². The predicted molar refractivity (Wildman–Crippen MR) is 120 cm³/mol. The molecule has 1 saturated heterocycles. The summed E-state index contributed by atoms with van der Waals surface area (Å²) in [6, 6.07) is 13.2. The minimum absolute atomic E-state index is 0.0718. The Morgan fingerprint density at radius 2 is 1.83 bits per heavy atom. The Morgan fingerprint density at radius 1 is 1.07 bits per heavy atom. The lowest BCUT2D eigenvalue weighted by Crippen LogP contribution is -2.48. The van der Waals surface area contributed by atoms with E-state index in [9.17, 15) is 4.79 Å². The number of nitrogens with zero attached hydrogens (tertiary/aromatic N) is 3. The average Bonchev–Trinajstić information content (AvgIpc) is 3.22. The monoisotopic (exact) mass is 426 g/mol. The third kappa shape index (κ3) is 4.66. The summed E-state index contributed by atoms with van der Waals surface area (Å²) >= 11 is 1.71. The minimum atomic E-state index is -0.0718. The molecule has 1 aliphatic heterocycles. The van der Waals surface area contributed by atoms with E-state index >= 15 is 0 Å². The third-order valence-electron chi connectivity index (χ3n) is 5.27. The fourth-order valence-electron chi connectivity index (χ4n) is 3.51. The maximum Gasteiger partial charge on any atom is 0.251 e. The zero-order valence-electron chi connectivity index (χ0n) is 17.3. The first-order chi connectivity index (χ1) is 14.7. The number of rotatable bonds is 7. The van der Waals surface area contributed by atoms with Crippen LogP contribution in [0.5, 0.6) is 11.5 Å². The quantitative estimate of drug-likeness (QED) is 0.627. The van der Waals surface area contributed by atoms with E-state index in [1.54, 1.807) is 37.7 Å². The van der Waals surface area contributed by atoms with Gasteiger partial charge in [-0.3, -0.25) is 9.69 Å². The third-order valence-corrected chi connectivity index (χ3v) is 6.35. The fourth-order valence-corrected chi connectivity index (χ4v) is 4.56. The average molecular weight is 427 g/mol. The molecule has 0 unspecified atom stereocenters. The standard InChI is InChI=1S/C22H26N4O3S/c1-28-17-5-3-4-16(14-17)21(27)23-8-9-25-10-12-26(13-11-25)22-24-19-7-6-18(29-2)15-20(19)30-22/h3-7,14-15H,8-13H2,1-2H3,(H,23,27). The molecule has 1 aliphatic rings. The van der Waals surface area contributed by atoms with E-state index in [1.165, 1.54) is 0 Å². The molecule has 4 rings (SSSR count). The molecule has 0 saturated carbocycles. The molecule has 0 bridgehead atoms. The molecule has 1 fully saturated rings. The number of benzene rings is 2. The molecule has 1 amide bonds. The molecular weight excluding hydrogens is 400 g/mol. The summed E-state index contributed by atoms with van der Waals surface area (Å²) in [5.41, 5.74) is 1.63. The van der Waals surface area contributed by atoms with E-state index in [2.05, 4.69) is 15.1 Å². The van der Waals surface area contributed by atoms with Crippen LogP contribution in [0.1, 0.15) is 10.4 Å². The number of carbonyl (C=O) groups excluding carboxylic acids is 1. The summed E-state index contributed by atoms with van der Waals surface area (Å²) in [6.45, 7) is 5.22. The first kappa shape index (κ1) is 20.4. The maximum atomic E-state index is 12.3. The van der Waals surface area contributed by atoms with Gasteiger partial charge in [-0.2, -0.15) is 0 Å². The molecule has 2 aromatic carbocycles. The molecule has 30 heavy (non-hydrogen) atoms. The number of piperazine rings is 1. The number of anilines is 1. The number of hydrogen-bond acceptors (Lipinski definition) is 7.